The zero-order valence-electron chi connectivity index (χ0n) is 9.94. The minimum atomic E-state index is 0.177. The van der Waals surface area contributed by atoms with E-state index in [-0.39, 0.29) is 5.92 Å². The number of hydrogen-bond acceptors (Lipinski definition) is 1. The molecule has 0 heterocycles. The zero-order chi connectivity index (χ0) is 12.4. The van der Waals surface area contributed by atoms with Gasteiger partial charge in [0.1, 0.15) is 5.75 Å². The summed E-state index contributed by atoms with van der Waals surface area (Å²) in [6.45, 7) is 4.00. The third-order valence-corrected chi connectivity index (χ3v) is 3.50. The SMILES string of the molecule is Cc1c(O)ccc(Cl)c1C(C)c1ccccc1. The van der Waals surface area contributed by atoms with E-state index in [1.54, 1.807) is 12.1 Å². The minimum absolute atomic E-state index is 0.177. The Labute approximate surface area is 107 Å². The fourth-order valence-electron chi connectivity index (χ4n) is 2.12. The molecule has 0 aliphatic heterocycles. The molecule has 2 rings (SSSR count). The summed E-state index contributed by atoms with van der Waals surface area (Å²) in [5.74, 6) is 0.475. The molecule has 0 aliphatic carbocycles. The van der Waals surface area contributed by atoms with Gasteiger partial charge in [0.25, 0.3) is 0 Å². The molecule has 0 saturated heterocycles. The molecule has 88 valence electrons. The van der Waals surface area contributed by atoms with Crippen LogP contribution in [0, 0.1) is 6.92 Å². The first kappa shape index (κ1) is 12.0. The van der Waals surface area contributed by atoms with E-state index >= 15 is 0 Å². The monoisotopic (exact) mass is 246 g/mol. The summed E-state index contributed by atoms with van der Waals surface area (Å²) >= 11 is 6.24. The van der Waals surface area contributed by atoms with Crippen molar-refractivity contribution in [3.05, 3.63) is 64.2 Å². The molecule has 1 atom stereocenters. The molecule has 0 fully saturated rings. The molecule has 0 bridgehead atoms. The van der Waals surface area contributed by atoms with E-state index in [9.17, 15) is 5.11 Å². The van der Waals surface area contributed by atoms with Crippen LogP contribution < -0.4 is 0 Å². The van der Waals surface area contributed by atoms with Crippen molar-refractivity contribution < 1.29 is 5.11 Å². The molecule has 0 radical (unpaired) electrons. The van der Waals surface area contributed by atoms with Gasteiger partial charge in [-0.1, -0.05) is 48.9 Å². The van der Waals surface area contributed by atoms with Gasteiger partial charge in [-0.05, 0) is 35.7 Å². The molecule has 1 nitrogen and oxygen atoms in total. The predicted molar refractivity (Wildman–Crippen MR) is 71.8 cm³/mol. The average Bonchev–Trinajstić information content (AvgIpc) is 2.35. The first-order valence-corrected chi connectivity index (χ1v) is 6.02. The molecule has 0 aliphatic rings. The van der Waals surface area contributed by atoms with Gasteiger partial charge in [0.2, 0.25) is 0 Å². The van der Waals surface area contributed by atoms with Crippen LogP contribution in [0.4, 0.5) is 0 Å². The Balaban J connectivity index is 2.51. The van der Waals surface area contributed by atoms with E-state index in [2.05, 4.69) is 19.1 Å². The molecule has 1 unspecified atom stereocenters. The first-order valence-electron chi connectivity index (χ1n) is 5.64. The van der Waals surface area contributed by atoms with Crippen molar-refractivity contribution in [3.63, 3.8) is 0 Å². The molecular weight excluding hydrogens is 232 g/mol. The summed E-state index contributed by atoms with van der Waals surface area (Å²) in [6, 6.07) is 13.6. The first-order chi connectivity index (χ1) is 8.11. The van der Waals surface area contributed by atoms with Crippen LogP contribution in [0.2, 0.25) is 5.02 Å². The Kier molecular flexibility index (Phi) is 3.39. The summed E-state index contributed by atoms with van der Waals surface area (Å²) in [6.07, 6.45) is 0. The number of halogens is 1. The Hall–Kier alpha value is -1.47. The Morgan fingerprint density at radius 2 is 1.71 bits per heavy atom. The molecule has 17 heavy (non-hydrogen) atoms. The molecule has 2 heteroatoms. The van der Waals surface area contributed by atoms with Crippen LogP contribution >= 0.6 is 11.6 Å². The van der Waals surface area contributed by atoms with Crippen molar-refractivity contribution in [1.29, 1.82) is 0 Å². The van der Waals surface area contributed by atoms with Gasteiger partial charge in [-0.15, -0.1) is 0 Å². The minimum Gasteiger partial charge on any atom is -0.508 e. The molecule has 1 N–H and O–H groups in total. The lowest BCUT2D eigenvalue weighted by atomic mass is 9.90. The quantitative estimate of drug-likeness (QED) is 0.827. The number of phenolic OH excluding ortho intramolecular Hbond substituents is 1. The van der Waals surface area contributed by atoms with Crippen molar-refractivity contribution in [1.82, 2.24) is 0 Å². The van der Waals surface area contributed by atoms with E-state index in [1.165, 1.54) is 5.56 Å². The van der Waals surface area contributed by atoms with Crippen LogP contribution in [0.1, 0.15) is 29.5 Å². The van der Waals surface area contributed by atoms with E-state index in [0.717, 1.165) is 11.1 Å². The van der Waals surface area contributed by atoms with Gasteiger partial charge in [0.15, 0.2) is 0 Å². The number of rotatable bonds is 2. The van der Waals surface area contributed by atoms with E-state index in [0.29, 0.717) is 10.8 Å². The maximum absolute atomic E-state index is 9.76. The molecular formula is C15H15ClO. The van der Waals surface area contributed by atoms with Crippen molar-refractivity contribution in [2.75, 3.05) is 0 Å². The smallest absolute Gasteiger partial charge is 0.118 e. The molecule has 0 spiro atoms. The van der Waals surface area contributed by atoms with Crippen molar-refractivity contribution >= 4 is 11.6 Å². The molecule has 0 amide bonds. The van der Waals surface area contributed by atoms with Crippen molar-refractivity contribution in [3.8, 4) is 5.75 Å². The Bertz CT molecular complexity index is 520. The predicted octanol–water partition coefficient (Wildman–Crippen LogP) is 4.51. The van der Waals surface area contributed by atoms with Gasteiger partial charge in [-0.25, -0.2) is 0 Å². The number of aromatic hydroxyl groups is 1. The number of phenols is 1. The molecule has 2 aromatic carbocycles. The highest BCUT2D eigenvalue weighted by molar-refractivity contribution is 6.31. The highest BCUT2D eigenvalue weighted by Crippen LogP contribution is 2.36. The maximum Gasteiger partial charge on any atom is 0.118 e. The third-order valence-electron chi connectivity index (χ3n) is 3.17. The largest absolute Gasteiger partial charge is 0.508 e. The fourth-order valence-corrected chi connectivity index (χ4v) is 2.49. The Morgan fingerprint density at radius 1 is 1.06 bits per heavy atom. The molecule has 0 aromatic heterocycles. The second-order valence-electron chi connectivity index (χ2n) is 4.24. The van der Waals surface area contributed by atoms with Gasteiger partial charge in [0, 0.05) is 10.9 Å². The fraction of sp³-hybridized carbons (Fsp3) is 0.200. The topological polar surface area (TPSA) is 20.2 Å². The highest BCUT2D eigenvalue weighted by atomic mass is 35.5. The maximum atomic E-state index is 9.76. The van der Waals surface area contributed by atoms with Crippen molar-refractivity contribution in [2.45, 2.75) is 19.8 Å². The van der Waals surface area contributed by atoms with E-state index in [1.807, 2.05) is 25.1 Å². The van der Waals surface area contributed by atoms with Crippen molar-refractivity contribution in [2.24, 2.45) is 0 Å². The van der Waals surface area contributed by atoms with Gasteiger partial charge in [0.05, 0.1) is 0 Å². The lowest BCUT2D eigenvalue weighted by Gasteiger charge is -2.17. The van der Waals surface area contributed by atoms with E-state index in [4.69, 9.17) is 11.6 Å². The van der Waals surface area contributed by atoms with Gasteiger partial charge in [-0.2, -0.15) is 0 Å². The summed E-state index contributed by atoms with van der Waals surface area (Å²) in [5, 5.41) is 10.5. The molecule has 0 saturated carbocycles. The van der Waals surface area contributed by atoms with Crippen LogP contribution in [0.15, 0.2) is 42.5 Å². The van der Waals surface area contributed by atoms with Gasteiger partial charge < -0.3 is 5.11 Å². The second-order valence-corrected chi connectivity index (χ2v) is 4.64. The normalized spacial score (nSPS) is 12.4. The lowest BCUT2D eigenvalue weighted by molar-refractivity contribution is 0.470. The summed E-state index contributed by atoms with van der Waals surface area (Å²) in [5.41, 5.74) is 3.05. The third kappa shape index (κ3) is 2.29. The summed E-state index contributed by atoms with van der Waals surface area (Å²) in [7, 11) is 0. The standard InChI is InChI=1S/C15H15ClO/c1-10(12-6-4-3-5-7-12)15-11(2)14(17)9-8-13(15)16/h3-10,17H,1-2H3. The van der Waals surface area contributed by atoms with Crippen LogP contribution in [0.3, 0.4) is 0 Å². The highest BCUT2D eigenvalue weighted by Gasteiger charge is 2.16. The van der Waals surface area contributed by atoms with Crippen LogP contribution in [-0.2, 0) is 0 Å². The zero-order valence-corrected chi connectivity index (χ0v) is 10.7. The molecule has 2 aromatic rings. The summed E-state index contributed by atoms with van der Waals surface area (Å²) in [4.78, 5) is 0. The lowest BCUT2D eigenvalue weighted by Crippen LogP contribution is -2.00. The number of benzene rings is 2. The van der Waals surface area contributed by atoms with Gasteiger partial charge in [-0.3, -0.25) is 0 Å². The summed E-state index contributed by atoms with van der Waals surface area (Å²) < 4.78 is 0. The van der Waals surface area contributed by atoms with Gasteiger partial charge >= 0.3 is 0 Å². The number of hydrogen-bond donors (Lipinski definition) is 1. The van der Waals surface area contributed by atoms with Crippen LogP contribution in [0.25, 0.3) is 0 Å². The van der Waals surface area contributed by atoms with E-state index < -0.39 is 0 Å². The average molecular weight is 247 g/mol. The van der Waals surface area contributed by atoms with Crippen LogP contribution in [0.5, 0.6) is 5.75 Å². The Morgan fingerprint density at radius 3 is 2.35 bits per heavy atom. The van der Waals surface area contributed by atoms with Crippen LogP contribution in [-0.4, -0.2) is 5.11 Å². The second kappa shape index (κ2) is 4.80.